The van der Waals surface area contributed by atoms with E-state index in [9.17, 15) is 14.4 Å². The van der Waals surface area contributed by atoms with Crippen LogP contribution in [-0.2, 0) is 16.0 Å². The minimum absolute atomic E-state index is 0.0567. The number of hydrogen-bond acceptors (Lipinski definition) is 3. The Morgan fingerprint density at radius 3 is 2.90 bits per heavy atom. The van der Waals surface area contributed by atoms with E-state index < -0.39 is 0 Å². The molecule has 2 aliphatic heterocycles. The average molecular weight is 273 g/mol. The van der Waals surface area contributed by atoms with Crippen molar-refractivity contribution in [3.63, 3.8) is 0 Å². The molecular formula is C14H15N3O3. The third-order valence-electron chi connectivity index (χ3n) is 3.53. The second-order valence-electron chi connectivity index (χ2n) is 5.03. The van der Waals surface area contributed by atoms with E-state index in [1.165, 1.54) is 0 Å². The molecule has 0 saturated carbocycles. The number of nitrogens with one attached hydrogen (secondary N) is 2. The van der Waals surface area contributed by atoms with Crippen LogP contribution in [0.25, 0.3) is 0 Å². The van der Waals surface area contributed by atoms with Gasteiger partial charge in [-0.25, -0.2) is 0 Å². The summed E-state index contributed by atoms with van der Waals surface area (Å²) in [6.07, 6.45) is 1.11. The molecule has 2 aliphatic rings. The van der Waals surface area contributed by atoms with Gasteiger partial charge >= 0.3 is 0 Å². The maximum atomic E-state index is 12.4. The number of benzene rings is 1. The molecular weight excluding hydrogens is 258 g/mol. The van der Waals surface area contributed by atoms with Gasteiger partial charge in [0, 0.05) is 24.3 Å². The highest BCUT2D eigenvalue weighted by atomic mass is 16.2. The van der Waals surface area contributed by atoms with Gasteiger partial charge in [-0.05, 0) is 24.1 Å². The predicted molar refractivity (Wildman–Crippen MR) is 72.3 cm³/mol. The lowest BCUT2D eigenvalue weighted by molar-refractivity contribution is -0.121. The summed E-state index contributed by atoms with van der Waals surface area (Å²) < 4.78 is 0. The molecule has 3 rings (SSSR count). The van der Waals surface area contributed by atoms with E-state index in [4.69, 9.17) is 0 Å². The van der Waals surface area contributed by atoms with Crippen LogP contribution in [0.2, 0.25) is 0 Å². The first-order valence-corrected chi connectivity index (χ1v) is 6.62. The molecule has 1 aromatic carbocycles. The zero-order valence-electron chi connectivity index (χ0n) is 10.9. The van der Waals surface area contributed by atoms with Gasteiger partial charge in [0.15, 0.2) is 0 Å². The standard InChI is InChI=1S/C14H15N3O3/c18-12-7-9-2-3-10(6-11(9)16-12)14(20)17-5-1-4-15-13(19)8-17/h2-3,6H,1,4-5,7-8H2,(H,15,19)(H,16,18). The van der Waals surface area contributed by atoms with Gasteiger partial charge in [-0.3, -0.25) is 14.4 Å². The van der Waals surface area contributed by atoms with E-state index in [-0.39, 0.29) is 24.3 Å². The van der Waals surface area contributed by atoms with Gasteiger partial charge in [0.05, 0.1) is 13.0 Å². The summed E-state index contributed by atoms with van der Waals surface area (Å²) >= 11 is 0. The van der Waals surface area contributed by atoms with Crippen LogP contribution in [0.4, 0.5) is 5.69 Å². The number of amides is 3. The first-order valence-electron chi connectivity index (χ1n) is 6.62. The SMILES string of the molecule is O=C1CN(C(=O)c2ccc3c(c2)NC(=O)C3)CCCN1. The van der Waals surface area contributed by atoms with E-state index in [0.717, 1.165) is 12.0 Å². The van der Waals surface area contributed by atoms with Crippen molar-refractivity contribution in [2.45, 2.75) is 12.8 Å². The van der Waals surface area contributed by atoms with Gasteiger partial charge in [0.1, 0.15) is 0 Å². The molecule has 0 atom stereocenters. The second kappa shape index (κ2) is 4.96. The highest BCUT2D eigenvalue weighted by Gasteiger charge is 2.23. The molecule has 2 heterocycles. The molecule has 20 heavy (non-hydrogen) atoms. The Balaban J connectivity index is 1.82. The third-order valence-corrected chi connectivity index (χ3v) is 3.53. The number of carbonyl (C=O) groups is 3. The summed E-state index contributed by atoms with van der Waals surface area (Å²) in [6.45, 7) is 1.24. The highest BCUT2D eigenvalue weighted by Crippen LogP contribution is 2.24. The second-order valence-corrected chi connectivity index (χ2v) is 5.03. The zero-order valence-corrected chi connectivity index (χ0v) is 10.9. The Bertz CT molecular complexity index is 597. The molecule has 104 valence electrons. The number of carbonyl (C=O) groups excluding carboxylic acids is 3. The Labute approximate surface area is 116 Å². The van der Waals surface area contributed by atoms with Crippen molar-refractivity contribution in [1.29, 1.82) is 0 Å². The summed E-state index contributed by atoms with van der Waals surface area (Å²) in [5.41, 5.74) is 2.10. The van der Waals surface area contributed by atoms with Crippen molar-refractivity contribution in [2.75, 3.05) is 25.0 Å². The lowest BCUT2D eigenvalue weighted by atomic mass is 10.1. The van der Waals surface area contributed by atoms with E-state index >= 15 is 0 Å². The van der Waals surface area contributed by atoms with Crippen molar-refractivity contribution in [3.8, 4) is 0 Å². The monoisotopic (exact) mass is 273 g/mol. The number of anilines is 1. The van der Waals surface area contributed by atoms with Crippen molar-refractivity contribution in [1.82, 2.24) is 10.2 Å². The molecule has 6 heteroatoms. The van der Waals surface area contributed by atoms with Gasteiger partial charge in [-0.1, -0.05) is 6.07 Å². The van der Waals surface area contributed by atoms with Crippen molar-refractivity contribution in [2.24, 2.45) is 0 Å². The van der Waals surface area contributed by atoms with Crippen LogP contribution in [0.15, 0.2) is 18.2 Å². The molecule has 1 aromatic rings. The zero-order chi connectivity index (χ0) is 14.1. The number of fused-ring (bicyclic) bond motifs is 1. The van der Waals surface area contributed by atoms with Gasteiger partial charge in [-0.15, -0.1) is 0 Å². The molecule has 0 spiro atoms. The van der Waals surface area contributed by atoms with E-state index in [0.29, 0.717) is 30.8 Å². The third kappa shape index (κ3) is 2.36. The van der Waals surface area contributed by atoms with E-state index in [2.05, 4.69) is 10.6 Å². The van der Waals surface area contributed by atoms with Crippen LogP contribution >= 0.6 is 0 Å². The molecule has 3 amide bonds. The number of hydrogen-bond donors (Lipinski definition) is 2. The van der Waals surface area contributed by atoms with Crippen LogP contribution < -0.4 is 10.6 Å². The average Bonchev–Trinajstić information content (AvgIpc) is 2.65. The molecule has 0 radical (unpaired) electrons. The predicted octanol–water partition coefficient (Wildman–Crippen LogP) is 0.143. The summed E-state index contributed by atoms with van der Waals surface area (Å²) in [5.74, 6) is -0.366. The molecule has 0 aliphatic carbocycles. The first kappa shape index (κ1) is 12.7. The van der Waals surface area contributed by atoms with E-state index in [1.54, 1.807) is 23.1 Å². The largest absolute Gasteiger partial charge is 0.354 e. The minimum Gasteiger partial charge on any atom is -0.354 e. The number of rotatable bonds is 1. The van der Waals surface area contributed by atoms with Crippen molar-refractivity contribution < 1.29 is 14.4 Å². The van der Waals surface area contributed by atoms with Crippen LogP contribution in [0.5, 0.6) is 0 Å². The smallest absolute Gasteiger partial charge is 0.254 e. The summed E-state index contributed by atoms with van der Waals surface area (Å²) in [4.78, 5) is 36.8. The van der Waals surface area contributed by atoms with Gasteiger partial charge in [0.25, 0.3) is 5.91 Å². The maximum Gasteiger partial charge on any atom is 0.254 e. The van der Waals surface area contributed by atoms with Crippen LogP contribution in [0, 0.1) is 0 Å². The fourth-order valence-corrected chi connectivity index (χ4v) is 2.51. The van der Waals surface area contributed by atoms with E-state index in [1.807, 2.05) is 0 Å². The lowest BCUT2D eigenvalue weighted by Gasteiger charge is -2.19. The summed E-state index contributed by atoms with van der Waals surface area (Å²) in [6, 6.07) is 5.19. The van der Waals surface area contributed by atoms with Gasteiger partial charge in [-0.2, -0.15) is 0 Å². The summed E-state index contributed by atoms with van der Waals surface area (Å²) in [5, 5.41) is 5.47. The Morgan fingerprint density at radius 1 is 1.20 bits per heavy atom. The molecule has 1 fully saturated rings. The molecule has 0 unspecified atom stereocenters. The highest BCUT2D eigenvalue weighted by molar-refractivity contribution is 6.02. The fourth-order valence-electron chi connectivity index (χ4n) is 2.51. The molecule has 0 bridgehead atoms. The van der Waals surface area contributed by atoms with Crippen molar-refractivity contribution >= 4 is 23.4 Å². The number of nitrogens with zero attached hydrogens (tertiary/aromatic N) is 1. The maximum absolute atomic E-state index is 12.4. The van der Waals surface area contributed by atoms with Crippen LogP contribution in [-0.4, -0.2) is 42.3 Å². The topological polar surface area (TPSA) is 78.5 Å². The first-order chi connectivity index (χ1) is 9.63. The van der Waals surface area contributed by atoms with Gasteiger partial charge < -0.3 is 15.5 Å². The fraction of sp³-hybridized carbons (Fsp3) is 0.357. The molecule has 6 nitrogen and oxygen atoms in total. The molecule has 1 saturated heterocycles. The quantitative estimate of drug-likeness (QED) is 0.764. The Kier molecular flexibility index (Phi) is 3.14. The van der Waals surface area contributed by atoms with Crippen molar-refractivity contribution in [3.05, 3.63) is 29.3 Å². The van der Waals surface area contributed by atoms with Gasteiger partial charge in [0.2, 0.25) is 11.8 Å². The lowest BCUT2D eigenvalue weighted by Crippen LogP contribution is -2.37. The minimum atomic E-state index is -0.175. The summed E-state index contributed by atoms with van der Waals surface area (Å²) in [7, 11) is 0. The Hall–Kier alpha value is -2.37. The normalized spacial score (nSPS) is 18.1. The molecule has 2 N–H and O–H groups in total. The molecule has 0 aromatic heterocycles. The Morgan fingerprint density at radius 2 is 2.05 bits per heavy atom. The van der Waals surface area contributed by atoms with Crippen LogP contribution in [0.1, 0.15) is 22.3 Å². The van der Waals surface area contributed by atoms with Crippen LogP contribution in [0.3, 0.4) is 0 Å².